The third-order valence-electron chi connectivity index (χ3n) is 3.48. The van der Waals surface area contributed by atoms with Gasteiger partial charge in [-0.2, -0.15) is 0 Å². The van der Waals surface area contributed by atoms with E-state index in [1.54, 1.807) is 11.8 Å². The van der Waals surface area contributed by atoms with Crippen LogP contribution in [0.5, 0.6) is 0 Å². The molecule has 2 nitrogen and oxygen atoms in total. The summed E-state index contributed by atoms with van der Waals surface area (Å²) in [7, 11) is 0. The van der Waals surface area contributed by atoms with Crippen molar-refractivity contribution in [2.24, 2.45) is 0 Å². The highest BCUT2D eigenvalue weighted by Gasteiger charge is 2.20. The quantitative estimate of drug-likeness (QED) is 0.649. The van der Waals surface area contributed by atoms with Crippen molar-refractivity contribution < 1.29 is 0 Å². The first-order valence-corrected chi connectivity index (χ1v) is 7.77. The molecule has 1 fully saturated rings. The molecule has 0 aliphatic carbocycles. The van der Waals surface area contributed by atoms with E-state index in [0.29, 0.717) is 6.04 Å². The van der Waals surface area contributed by atoms with Crippen molar-refractivity contribution in [2.45, 2.75) is 17.4 Å². The number of benzene rings is 1. The summed E-state index contributed by atoms with van der Waals surface area (Å²) in [5, 5.41) is 3.41. The number of rotatable bonds is 5. The Morgan fingerprint density at radius 3 is 2.56 bits per heavy atom. The average Bonchev–Trinajstić information content (AvgIpc) is 2.46. The second kappa shape index (κ2) is 6.98. The van der Waals surface area contributed by atoms with E-state index < -0.39 is 0 Å². The van der Waals surface area contributed by atoms with E-state index in [1.807, 2.05) is 6.08 Å². The zero-order chi connectivity index (χ0) is 12.8. The normalized spacial score (nSPS) is 18.5. The SMILES string of the molecule is C=CC[C@H](c1ccc(SC)cc1)N1CCNCC1. The van der Waals surface area contributed by atoms with Crippen LogP contribution in [-0.4, -0.2) is 37.3 Å². The van der Waals surface area contributed by atoms with Crippen molar-refractivity contribution in [3.8, 4) is 0 Å². The minimum Gasteiger partial charge on any atom is -0.314 e. The molecular formula is C15H22N2S. The van der Waals surface area contributed by atoms with E-state index in [-0.39, 0.29) is 0 Å². The Morgan fingerprint density at radius 2 is 2.00 bits per heavy atom. The fourth-order valence-electron chi connectivity index (χ4n) is 2.47. The summed E-state index contributed by atoms with van der Waals surface area (Å²) >= 11 is 1.79. The maximum atomic E-state index is 3.91. The van der Waals surface area contributed by atoms with Crippen LogP contribution in [0.2, 0.25) is 0 Å². The van der Waals surface area contributed by atoms with Gasteiger partial charge in [0.1, 0.15) is 0 Å². The molecule has 0 radical (unpaired) electrons. The highest BCUT2D eigenvalue weighted by atomic mass is 32.2. The largest absolute Gasteiger partial charge is 0.314 e. The summed E-state index contributed by atoms with van der Waals surface area (Å²) in [6.45, 7) is 8.35. The van der Waals surface area contributed by atoms with Gasteiger partial charge in [0, 0.05) is 37.1 Å². The molecule has 0 unspecified atom stereocenters. The monoisotopic (exact) mass is 262 g/mol. The van der Waals surface area contributed by atoms with Crippen molar-refractivity contribution >= 4 is 11.8 Å². The maximum Gasteiger partial charge on any atom is 0.0383 e. The molecule has 1 aromatic carbocycles. The summed E-state index contributed by atoms with van der Waals surface area (Å²) in [4.78, 5) is 3.89. The van der Waals surface area contributed by atoms with Gasteiger partial charge in [-0.3, -0.25) is 4.90 Å². The van der Waals surface area contributed by atoms with E-state index in [9.17, 15) is 0 Å². The standard InChI is InChI=1S/C15H22N2S/c1-3-4-15(17-11-9-16-10-12-17)13-5-7-14(18-2)8-6-13/h3,5-8,15-16H,1,4,9-12H2,2H3/t15-/m1/s1. The van der Waals surface area contributed by atoms with Crippen LogP contribution in [0.1, 0.15) is 18.0 Å². The molecule has 1 atom stereocenters. The molecule has 0 spiro atoms. The number of hydrogen-bond donors (Lipinski definition) is 1. The summed E-state index contributed by atoms with van der Waals surface area (Å²) < 4.78 is 0. The third-order valence-corrected chi connectivity index (χ3v) is 4.23. The lowest BCUT2D eigenvalue weighted by atomic mass is 10.0. The molecule has 0 saturated carbocycles. The lowest BCUT2D eigenvalue weighted by Crippen LogP contribution is -2.45. The van der Waals surface area contributed by atoms with Crippen LogP contribution in [0.15, 0.2) is 41.8 Å². The fourth-order valence-corrected chi connectivity index (χ4v) is 2.88. The summed E-state index contributed by atoms with van der Waals surface area (Å²) in [5.41, 5.74) is 1.41. The molecular weight excluding hydrogens is 240 g/mol. The van der Waals surface area contributed by atoms with Crippen LogP contribution in [0, 0.1) is 0 Å². The number of nitrogens with one attached hydrogen (secondary N) is 1. The topological polar surface area (TPSA) is 15.3 Å². The van der Waals surface area contributed by atoms with Crippen molar-refractivity contribution in [3.05, 3.63) is 42.5 Å². The lowest BCUT2D eigenvalue weighted by Gasteiger charge is -2.34. The molecule has 1 aliphatic heterocycles. The Kier molecular flexibility index (Phi) is 5.29. The minimum absolute atomic E-state index is 0.487. The number of hydrogen-bond acceptors (Lipinski definition) is 3. The molecule has 18 heavy (non-hydrogen) atoms. The molecule has 0 aromatic heterocycles. The van der Waals surface area contributed by atoms with Crippen molar-refractivity contribution in [1.29, 1.82) is 0 Å². The second-order valence-corrected chi connectivity index (χ2v) is 5.48. The van der Waals surface area contributed by atoms with E-state index in [4.69, 9.17) is 0 Å². The Morgan fingerprint density at radius 1 is 1.33 bits per heavy atom. The molecule has 1 heterocycles. The van der Waals surface area contributed by atoms with Crippen molar-refractivity contribution in [3.63, 3.8) is 0 Å². The smallest absolute Gasteiger partial charge is 0.0383 e. The van der Waals surface area contributed by atoms with E-state index in [2.05, 4.69) is 47.3 Å². The van der Waals surface area contributed by atoms with E-state index in [1.165, 1.54) is 10.5 Å². The predicted molar refractivity (Wildman–Crippen MR) is 80.2 cm³/mol. The zero-order valence-corrected chi connectivity index (χ0v) is 11.9. The van der Waals surface area contributed by atoms with Crippen LogP contribution in [0.4, 0.5) is 0 Å². The van der Waals surface area contributed by atoms with E-state index in [0.717, 1.165) is 32.6 Å². The highest BCUT2D eigenvalue weighted by Crippen LogP contribution is 2.26. The molecule has 1 N–H and O–H groups in total. The van der Waals surface area contributed by atoms with Crippen molar-refractivity contribution in [2.75, 3.05) is 32.4 Å². The lowest BCUT2D eigenvalue weighted by molar-refractivity contribution is 0.174. The zero-order valence-electron chi connectivity index (χ0n) is 11.1. The highest BCUT2D eigenvalue weighted by molar-refractivity contribution is 7.98. The van der Waals surface area contributed by atoms with Gasteiger partial charge in [0.05, 0.1) is 0 Å². The summed E-state index contributed by atoms with van der Waals surface area (Å²) in [6, 6.07) is 9.46. The Hall–Kier alpha value is -0.770. The second-order valence-electron chi connectivity index (χ2n) is 4.60. The Labute approximate surface area is 114 Å². The molecule has 1 aliphatic rings. The third kappa shape index (κ3) is 3.37. The first-order chi connectivity index (χ1) is 8.85. The number of thioether (sulfide) groups is 1. The average molecular weight is 262 g/mol. The molecule has 98 valence electrons. The molecule has 0 bridgehead atoms. The van der Waals surface area contributed by atoms with Crippen LogP contribution in [0.3, 0.4) is 0 Å². The van der Waals surface area contributed by atoms with Gasteiger partial charge in [-0.05, 0) is 30.4 Å². The van der Waals surface area contributed by atoms with Gasteiger partial charge in [-0.25, -0.2) is 0 Å². The number of nitrogens with zero attached hydrogens (tertiary/aromatic N) is 1. The number of piperazine rings is 1. The van der Waals surface area contributed by atoms with Crippen molar-refractivity contribution in [1.82, 2.24) is 10.2 Å². The first-order valence-electron chi connectivity index (χ1n) is 6.54. The molecule has 2 rings (SSSR count). The molecule has 3 heteroatoms. The van der Waals surface area contributed by atoms with Crippen LogP contribution in [-0.2, 0) is 0 Å². The van der Waals surface area contributed by atoms with Gasteiger partial charge in [0.15, 0.2) is 0 Å². The predicted octanol–water partition coefficient (Wildman–Crippen LogP) is 2.93. The van der Waals surface area contributed by atoms with Gasteiger partial charge in [-0.1, -0.05) is 18.2 Å². The fraction of sp³-hybridized carbons (Fsp3) is 0.467. The summed E-state index contributed by atoms with van der Waals surface area (Å²) in [5.74, 6) is 0. The Bertz CT molecular complexity index is 369. The maximum absolute atomic E-state index is 3.91. The van der Waals surface area contributed by atoms with Gasteiger partial charge < -0.3 is 5.32 Å². The van der Waals surface area contributed by atoms with Gasteiger partial charge in [0.25, 0.3) is 0 Å². The van der Waals surface area contributed by atoms with Crippen LogP contribution < -0.4 is 5.32 Å². The molecule has 1 saturated heterocycles. The minimum atomic E-state index is 0.487. The Balaban J connectivity index is 2.13. The van der Waals surface area contributed by atoms with Gasteiger partial charge in [0.2, 0.25) is 0 Å². The molecule has 1 aromatic rings. The van der Waals surface area contributed by atoms with E-state index >= 15 is 0 Å². The van der Waals surface area contributed by atoms with Gasteiger partial charge >= 0.3 is 0 Å². The molecule has 0 amide bonds. The van der Waals surface area contributed by atoms with Gasteiger partial charge in [-0.15, -0.1) is 18.3 Å². The van der Waals surface area contributed by atoms with Crippen LogP contribution in [0.25, 0.3) is 0 Å². The summed E-state index contributed by atoms with van der Waals surface area (Å²) in [6.07, 6.45) is 5.18. The van der Waals surface area contributed by atoms with Crippen LogP contribution >= 0.6 is 11.8 Å². The first kappa shape index (κ1) is 13.7.